The molecule has 19 heteroatoms. The minimum Gasteiger partial charge on any atom is -0.381 e. The number of nitrogens with one attached hydrogen (secondary N) is 4. The van der Waals surface area contributed by atoms with Crippen molar-refractivity contribution < 1.29 is 55.8 Å². The van der Waals surface area contributed by atoms with Crippen molar-refractivity contribution in [1.29, 1.82) is 0 Å². The first kappa shape index (κ1) is 46.3. The molecule has 0 spiro atoms. The molecule has 0 aliphatic carbocycles. The van der Waals surface area contributed by atoms with E-state index in [1.165, 1.54) is 12.1 Å². The summed E-state index contributed by atoms with van der Waals surface area (Å²) in [5.41, 5.74) is 1.61. The molecule has 0 atom stereocenters. The van der Waals surface area contributed by atoms with E-state index in [1.54, 1.807) is 16.1 Å². The SMILES string of the molecule is CC1(NC(=O)C(=O)c2c(Br)c(C(=O)Nc3ccc(F)c(F)c3)c3n2CCC3)CCOCC1.Cc1c(C(=O)Nc2ccc(F)c(F)c2)c2n(c1C(=O)C(=O)NC1(C)CCOCC1)CCC2. The Hall–Kier alpha value is -5.66. The Labute approximate surface area is 373 Å². The summed E-state index contributed by atoms with van der Waals surface area (Å²) in [6.07, 6.45) is 4.98. The Morgan fingerprint density at radius 1 is 0.609 bits per heavy atom. The van der Waals surface area contributed by atoms with Crippen LogP contribution in [0.15, 0.2) is 40.9 Å². The largest absolute Gasteiger partial charge is 0.381 e. The van der Waals surface area contributed by atoms with Crippen molar-refractivity contribution in [3.8, 4) is 0 Å². The molecule has 0 unspecified atom stereocenters. The van der Waals surface area contributed by atoms with Crippen LogP contribution >= 0.6 is 15.9 Å². The van der Waals surface area contributed by atoms with Gasteiger partial charge in [-0.05, 0) is 118 Å². The summed E-state index contributed by atoms with van der Waals surface area (Å²) in [4.78, 5) is 77.8. The zero-order valence-corrected chi connectivity index (χ0v) is 37.0. The van der Waals surface area contributed by atoms with Crippen LogP contribution in [-0.2, 0) is 45.0 Å². The van der Waals surface area contributed by atoms with Gasteiger partial charge in [-0.15, -0.1) is 0 Å². The maximum Gasteiger partial charge on any atom is 0.294 e. The van der Waals surface area contributed by atoms with Crippen molar-refractivity contribution in [1.82, 2.24) is 19.8 Å². The molecule has 4 aliphatic rings. The second kappa shape index (κ2) is 18.8. The van der Waals surface area contributed by atoms with Crippen LogP contribution in [0.5, 0.6) is 0 Å². The number of carbonyl (C=O) groups excluding carboxylic acids is 6. The number of halogens is 5. The lowest BCUT2D eigenvalue weighted by atomic mass is 9.92. The van der Waals surface area contributed by atoms with E-state index in [4.69, 9.17) is 9.47 Å². The van der Waals surface area contributed by atoms with Gasteiger partial charge in [0.25, 0.3) is 35.2 Å². The molecule has 0 saturated carbocycles. The Morgan fingerprint density at radius 3 is 1.47 bits per heavy atom. The van der Waals surface area contributed by atoms with Crippen LogP contribution in [0.2, 0.25) is 0 Å². The fourth-order valence-electron chi connectivity index (χ4n) is 8.62. The Morgan fingerprint density at radius 2 is 1.02 bits per heavy atom. The van der Waals surface area contributed by atoms with Gasteiger partial charge in [0, 0.05) is 85.5 Å². The number of Topliss-reactive ketones (excluding diaryl/α,β-unsaturated/α-hetero) is 2. The molecular weight excluding hydrogens is 908 g/mol. The lowest BCUT2D eigenvalue weighted by molar-refractivity contribution is -0.120. The van der Waals surface area contributed by atoms with Gasteiger partial charge in [0.15, 0.2) is 23.3 Å². The minimum absolute atomic E-state index is 0.0804. The number of ether oxygens (including phenoxy) is 2. The maximum atomic E-state index is 13.5. The maximum absolute atomic E-state index is 13.5. The van der Waals surface area contributed by atoms with Crippen LogP contribution in [-0.4, -0.2) is 81.8 Å². The molecule has 2 aromatic carbocycles. The predicted octanol–water partition coefficient (Wildman–Crippen LogP) is 6.74. The second-order valence-electron chi connectivity index (χ2n) is 16.9. The fourth-order valence-corrected chi connectivity index (χ4v) is 9.42. The number of aromatic nitrogens is 2. The summed E-state index contributed by atoms with van der Waals surface area (Å²) in [7, 11) is 0. The molecular formula is C45H47BrF4N6O8. The number of hydrogen-bond donors (Lipinski definition) is 4. The van der Waals surface area contributed by atoms with E-state index in [-0.39, 0.29) is 32.8 Å². The van der Waals surface area contributed by atoms with Crippen LogP contribution in [0.1, 0.15) is 111 Å². The van der Waals surface area contributed by atoms with E-state index >= 15 is 0 Å². The highest BCUT2D eigenvalue weighted by Crippen LogP contribution is 2.35. The van der Waals surface area contributed by atoms with Gasteiger partial charge < -0.3 is 39.9 Å². The number of benzene rings is 2. The van der Waals surface area contributed by atoms with Gasteiger partial charge in [-0.3, -0.25) is 28.8 Å². The van der Waals surface area contributed by atoms with E-state index in [1.807, 2.05) is 13.8 Å². The molecule has 0 bridgehead atoms. The predicted molar refractivity (Wildman–Crippen MR) is 228 cm³/mol. The molecule has 64 heavy (non-hydrogen) atoms. The van der Waals surface area contributed by atoms with Gasteiger partial charge in [0.1, 0.15) is 5.69 Å². The van der Waals surface area contributed by atoms with Crippen molar-refractivity contribution in [2.75, 3.05) is 37.1 Å². The molecule has 4 amide bonds. The standard InChI is InChI=1S/C23H25F2N3O4.C22H22BrF2N3O4/c1-13-18(21(30)26-14-5-6-15(24)16(25)12-14)17-4-3-9-28(17)19(13)20(29)22(31)27-23(2)7-10-32-11-8-23;1-22(6-9-32-10-7-22)27-21(31)19(29)18-17(23)16(15-3-2-8-28(15)18)20(30)26-12-4-5-13(24)14(25)11-12/h5-6,12H,3-4,7-11H2,1-2H3,(H,26,30)(H,27,31);4-5,11H,2-3,6-10H2,1H3,(H,26,30)(H,27,31). The number of fused-ring (bicyclic) bond motifs is 2. The average Bonchev–Trinajstić information content (AvgIpc) is 4.02. The number of nitrogens with zero attached hydrogens (tertiary/aromatic N) is 2. The molecule has 4 N–H and O–H groups in total. The minimum atomic E-state index is -1.09. The molecule has 340 valence electrons. The number of rotatable bonds is 10. The van der Waals surface area contributed by atoms with Crippen molar-refractivity contribution in [2.45, 2.75) is 96.3 Å². The van der Waals surface area contributed by atoms with Gasteiger partial charge >= 0.3 is 0 Å². The summed E-state index contributed by atoms with van der Waals surface area (Å²) in [5, 5.41) is 10.8. The highest BCUT2D eigenvalue weighted by molar-refractivity contribution is 9.10. The van der Waals surface area contributed by atoms with Crippen molar-refractivity contribution in [3.05, 3.63) is 104 Å². The van der Waals surface area contributed by atoms with E-state index in [9.17, 15) is 46.3 Å². The van der Waals surface area contributed by atoms with E-state index in [2.05, 4.69) is 37.2 Å². The summed E-state index contributed by atoms with van der Waals surface area (Å²) in [6.45, 7) is 8.43. The fraction of sp³-hybridized carbons (Fsp3) is 0.422. The van der Waals surface area contributed by atoms with Crippen LogP contribution < -0.4 is 21.3 Å². The number of hydrogen-bond acceptors (Lipinski definition) is 8. The highest BCUT2D eigenvalue weighted by atomic mass is 79.9. The number of anilines is 2. The molecule has 2 saturated heterocycles. The van der Waals surface area contributed by atoms with Crippen LogP contribution in [0.4, 0.5) is 28.9 Å². The van der Waals surface area contributed by atoms with Gasteiger partial charge in [0.05, 0.1) is 21.3 Å². The lowest BCUT2D eigenvalue weighted by Crippen LogP contribution is -2.51. The highest BCUT2D eigenvalue weighted by Gasteiger charge is 2.39. The van der Waals surface area contributed by atoms with Crippen LogP contribution in [0.3, 0.4) is 0 Å². The molecule has 4 aliphatic heterocycles. The summed E-state index contributed by atoms with van der Waals surface area (Å²) in [5.74, 6) is -8.18. The molecule has 0 radical (unpaired) electrons. The summed E-state index contributed by atoms with van der Waals surface area (Å²) < 4.78 is 67.7. The molecule has 8 rings (SSSR count). The molecule has 2 fully saturated rings. The first-order valence-corrected chi connectivity index (χ1v) is 21.7. The van der Waals surface area contributed by atoms with E-state index in [0.717, 1.165) is 30.7 Å². The van der Waals surface area contributed by atoms with Crippen molar-refractivity contribution in [2.24, 2.45) is 0 Å². The second-order valence-corrected chi connectivity index (χ2v) is 17.7. The first-order valence-electron chi connectivity index (χ1n) is 20.9. The third-order valence-electron chi connectivity index (χ3n) is 12.2. The molecule has 4 aromatic rings. The zero-order valence-electron chi connectivity index (χ0n) is 35.4. The van der Waals surface area contributed by atoms with Gasteiger partial charge in [0.2, 0.25) is 0 Å². The quantitative estimate of drug-likeness (QED) is 0.0768. The molecule has 2 aromatic heterocycles. The van der Waals surface area contributed by atoms with Crippen LogP contribution in [0.25, 0.3) is 0 Å². The first-order chi connectivity index (χ1) is 30.4. The van der Waals surface area contributed by atoms with Crippen molar-refractivity contribution in [3.63, 3.8) is 0 Å². The smallest absolute Gasteiger partial charge is 0.294 e. The number of carbonyl (C=O) groups is 6. The molecule has 14 nitrogen and oxygen atoms in total. The van der Waals surface area contributed by atoms with E-state index in [0.29, 0.717) is 107 Å². The van der Waals surface area contributed by atoms with Gasteiger partial charge in [-0.25, -0.2) is 17.6 Å². The average molecular weight is 956 g/mol. The Kier molecular flexibility index (Phi) is 13.6. The topological polar surface area (TPSA) is 179 Å². The van der Waals surface area contributed by atoms with Crippen molar-refractivity contribution >= 4 is 62.5 Å². The third-order valence-corrected chi connectivity index (χ3v) is 13.0. The van der Waals surface area contributed by atoms with Gasteiger partial charge in [-0.1, -0.05) is 0 Å². The van der Waals surface area contributed by atoms with E-state index < -0.39 is 69.5 Å². The van der Waals surface area contributed by atoms with Crippen LogP contribution in [0, 0.1) is 30.2 Å². The number of amides is 4. The lowest BCUT2D eigenvalue weighted by Gasteiger charge is -2.34. The number of ketones is 2. The Balaban J connectivity index is 0.000000191. The monoisotopic (exact) mass is 954 g/mol. The Bertz CT molecular complexity index is 2390. The normalized spacial score (nSPS) is 17.0. The van der Waals surface area contributed by atoms with Gasteiger partial charge in [-0.2, -0.15) is 0 Å². The molecule has 6 heterocycles. The summed E-state index contributed by atoms with van der Waals surface area (Å²) in [6, 6.07) is 6.13. The summed E-state index contributed by atoms with van der Waals surface area (Å²) >= 11 is 3.34. The zero-order chi connectivity index (χ0) is 46.1. The third kappa shape index (κ3) is 9.56.